The lowest BCUT2D eigenvalue weighted by Crippen LogP contribution is -2.37. The van der Waals surface area contributed by atoms with Crippen LogP contribution in [0.4, 0.5) is 0 Å². The maximum Gasteiger partial charge on any atom is 0.267 e. The fraction of sp³-hybridized carbons (Fsp3) is 0.421. The number of hydrogen-bond acceptors (Lipinski definition) is 4. The molecule has 0 bridgehead atoms. The van der Waals surface area contributed by atoms with Crippen LogP contribution in [0.15, 0.2) is 41.2 Å². The molecule has 1 fully saturated rings. The van der Waals surface area contributed by atoms with Gasteiger partial charge < -0.3 is 10.1 Å². The summed E-state index contributed by atoms with van der Waals surface area (Å²) in [6.07, 6.45) is 3.04. The van der Waals surface area contributed by atoms with E-state index in [2.05, 4.69) is 17.3 Å². The van der Waals surface area contributed by atoms with Crippen LogP contribution in [-0.4, -0.2) is 34.9 Å². The molecule has 1 aliphatic heterocycles. The number of benzene rings is 1. The molecule has 1 aromatic carbocycles. The van der Waals surface area contributed by atoms with Gasteiger partial charge >= 0.3 is 0 Å². The highest BCUT2D eigenvalue weighted by molar-refractivity contribution is 5.75. The average Bonchev–Trinajstić information content (AvgIpc) is 3.15. The van der Waals surface area contributed by atoms with Gasteiger partial charge in [-0.1, -0.05) is 31.2 Å². The second kappa shape index (κ2) is 8.07. The van der Waals surface area contributed by atoms with Crippen LogP contribution in [0.2, 0.25) is 0 Å². The molecule has 1 aromatic heterocycles. The van der Waals surface area contributed by atoms with Crippen molar-refractivity contribution >= 4 is 5.91 Å². The zero-order valence-corrected chi connectivity index (χ0v) is 14.4. The number of ether oxygens (including phenoxy) is 1. The van der Waals surface area contributed by atoms with Crippen molar-refractivity contribution in [2.45, 2.75) is 38.8 Å². The Morgan fingerprint density at radius 1 is 1.28 bits per heavy atom. The summed E-state index contributed by atoms with van der Waals surface area (Å²) in [6, 6.07) is 11.2. The fourth-order valence-corrected chi connectivity index (χ4v) is 2.85. The Morgan fingerprint density at radius 2 is 2.08 bits per heavy atom. The van der Waals surface area contributed by atoms with Crippen molar-refractivity contribution < 1.29 is 9.53 Å². The molecule has 1 atom stereocenters. The molecule has 0 aliphatic carbocycles. The number of hydrogen-bond donors (Lipinski definition) is 1. The second-order valence-corrected chi connectivity index (χ2v) is 6.20. The Labute approximate surface area is 146 Å². The molecule has 0 saturated carbocycles. The predicted molar refractivity (Wildman–Crippen MR) is 95.3 cm³/mol. The SMILES string of the molecule is CCc1ccc(-c2ccc(=O)n(CC(=O)NC[C@@H]3CCCO3)n2)cc1. The van der Waals surface area contributed by atoms with Crippen LogP contribution in [0.3, 0.4) is 0 Å². The summed E-state index contributed by atoms with van der Waals surface area (Å²) in [7, 11) is 0. The molecule has 132 valence electrons. The lowest BCUT2D eigenvalue weighted by atomic mass is 10.1. The van der Waals surface area contributed by atoms with E-state index in [4.69, 9.17) is 4.74 Å². The summed E-state index contributed by atoms with van der Waals surface area (Å²) in [5.41, 5.74) is 2.55. The van der Waals surface area contributed by atoms with Gasteiger partial charge in [0.1, 0.15) is 6.54 Å². The predicted octanol–water partition coefficient (Wildman–Crippen LogP) is 1.77. The zero-order valence-electron chi connectivity index (χ0n) is 14.4. The van der Waals surface area contributed by atoms with Crippen LogP contribution in [-0.2, 0) is 22.5 Å². The molecule has 0 radical (unpaired) electrons. The molecular weight excluding hydrogens is 318 g/mol. The summed E-state index contributed by atoms with van der Waals surface area (Å²) in [5.74, 6) is -0.233. The molecule has 0 unspecified atom stereocenters. The summed E-state index contributed by atoms with van der Waals surface area (Å²) in [6.45, 7) is 3.24. The standard InChI is InChI=1S/C19H23N3O3/c1-2-14-5-7-15(8-6-14)17-9-10-19(24)22(21-17)13-18(23)20-12-16-4-3-11-25-16/h5-10,16H,2-4,11-13H2,1H3,(H,20,23)/t16-/m0/s1. The third kappa shape index (κ3) is 4.54. The van der Waals surface area contributed by atoms with Crippen molar-refractivity contribution in [2.24, 2.45) is 0 Å². The highest BCUT2D eigenvalue weighted by Gasteiger charge is 2.16. The third-order valence-electron chi connectivity index (χ3n) is 4.37. The normalized spacial score (nSPS) is 16.8. The first-order valence-corrected chi connectivity index (χ1v) is 8.71. The van der Waals surface area contributed by atoms with E-state index in [9.17, 15) is 9.59 Å². The number of aromatic nitrogens is 2. The monoisotopic (exact) mass is 341 g/mol. The number of carbonyl (C=O) groups excluding carboxylic acids is 1. The lowest BCUT2D eigenvalue weighted by Gasteiger charge is -2.11. The topological polar surface area (TPSA) is 73.2 Å². The van der Waals surface area contributed by atoms with Crippen molar-refractivity contribution in [3.63, 3.8) is 0 Å². The molecule has 25 heavy (non-hydrogen) atoms. The Hall–Kier alpha value is -2.47. The van der Waals surface area contributed by atoms with Gasteiger partial charge in [0, 0.05) is 24.8 Å². The van der Waals surface area contributed by atoms with Crippen LogP contribution >= 0.6 is 0 Å². The van der Waals surface area contributed by atoms with E-state index in [0.29, 0.717) is 12.2 Å². The smallest absolute Gasteiger partial charge is 0.267 e. The zero-order chi connectivity index (χ0) is 17.6. The summed E-state index contributed by atoms with van der Waals surface area (Å²) in [5, 5.41) is 7.14. The van der Waals surface area contributed by atoms with E-state index in [1.807, 2.05) is 24.3 Å². The van der Waals surface area contributed by atoms with Gasteiger partial charge in [-0.15, -0.1) is 0 Å². The van der Waals surface area contributed by atoms with Gasteiger partial charge in [-0.3, -0.25) is 9.59 Å². The van der Waals surface area contributed by atoms with Crippen LogP contribution < -0.4 is 10.9 Å². The van der Waals surface area contributed by atoms with Crippen molar-refractivity contribution in [3.05, 3.63) is 52.3 Å². The minimum absolute atomic E-state index is 0.0806. The van der Waals surface area contributed by atoms with Gasteiger partial charge in [-0.2, -0.15) is 5.10 Å². The van der Waals surface area contributed by atoms with Gasteiger partial charge in [-0.25, -0.2) is 4.68 Å². The number of carbonyl (C=O) groups is 1. The first-order chi connectivity index (χ1) is 12.2. The maximum absolute atomic E-state index is 12.1. The van der Waals surface area contributed by atoms with E-state index in [1.54, 1.807) is 6.07 Å². The second-order valence-electron chi connectivity index (χ2n) is 6.20. The molecule has 1 amide bonds. The van der Waals surface area contributed by atoms with Gasteiger partial charge in [-0.05, 0) is 30.9 Å². The van der Waals surface area contributed by atoms with Crippen LogP contribution in [0.5, 0.6) is 0 Å². The Kier molecular flexibility index (Phi) is 5.60. The molecule has 1 N–H and O–H groups in total. The molecule has 0 spiro atoms. The van der Waals surface area contributed by atoms with E-state index >= 15 is 0 Å². The molecule has 1 aliphatic rings. The Balaban J connectivity index is 1.68. The van der Waals surface area contributed by atoms with Crippen LogP contribution in [0.25, 0.3) is 11.3 Å². The molecular formula is C19H23N3O3. The highest BCUT2D eigenvalue weighted by Crippen LogP contribution is 2.16. The number of amides is 1. The van der Waals surface area contributed by atoms with Crippen LogP contribution in [0, 0.1) is 0 Å². The maximum atomic E-state index is 12.1. The summed E-state index contributed by atoms with van der Waals surface area (Å²) in [4.78, 5) is 24.1. The van der Waals surface area contributed by atoms with E-state index in [-0.39, 0.29) is 24.1 Å². The molecule has 1 saturated heterocycles. The summed E-state index contributed by atoms with van der Waals surface area (Å²) >= 11 is 0. The van der Waals surface area contributed by atoms with Gasteiger partial charge in [0.2, 0.25) is 5.91 Å². The van der Waals surface area contributed by atoms with Gasteiger partial charge in [0.05, 0.1) is 11.8 Å². The minimum atomic E-state index is -0.291. The number of rotatable bonds is 6. The summed E-state index contributed by atoms with van der Waals surface area (Å²) < 4.78 is 6.68. The van der Waals surface area contributed by atoms with E-state index < -0.39 is 0 Å². The molecule has 6 heteroatoms. The molecule has 2 aromatic rings. The Bertz CT molecular complexity index is 777. The van der Waals surface area contributed by atoms with Crippen molar-refractivity contribution in [1.29, 1.82) is 0 Å². The third-order valence-corrected chi connectivity index (χ3v) is 4.37. The quantitative estimate of drug-likeness (QED) is 0.869. The van der Waals surface area contributed by atoms with Gasteiger partial charge in [0.15, 0.2) is 0 Å². The highest BCUT2D eigenvalue weighted by atomic mass is 16.5. The molecule has 3 rings (SSSR count). The first-order valence-electron chi connectivity index (χ1n) is 8.71. The minimum Gasteiger partial charge on any atom is -0.376 e. The lowest BCUT2D eigenvalue weighted by molar-refractivity contribution is -0.122. The van der Waals surface area contributed by atoms with E-state index in [0.717, 1.165) is 31.4 Å². The fourth-order valence-electron chi connectivity index (χ4n) is 2.85. The van der Waals surface area contributed by atoms with Crippen molar-refractivity contribution in [2.75, 3.05) is 13.2 Å². The average molecular weight is 341 g/mol. The van der Waals surface area contributed by atoms with Gasteiger partial charge in [0.25, 0.3) is 5.56 Å². The first kappa shape index (κ1) is 17.4. The largest absolute Gasteiger partial charge is 0.376 e. The molecule has 2 heterocycles. The molecule has 6 nitrogen and oxygen atoms in total. The van der Waals surface area contributed by atoms with Crippen LogP contribution in [0.1, 0.15) is 25.3 Å². The van der Waals surface area contributed by atoms with Crippen molar-refractivity contribution in [1.82, 2.24) is 15.1 Å². The number of nitrogens with one attached hydrogen (secondary N) is 1. The number of nitrogens with zero attached hydrogens (tertiary/aromatic N) is 2. The number of aryl methyl sites for hydroxylation is 1. The van der Waals surface area contributed by atoms with Crippen molar-refractivity contribution in [3.8, 4) is 11.3 Å². The van der Waals surface area contributed by atoms with E-state index in [1.165, 1.54) is 16.3 Å². The Morgan fingerprint density at radius 3 is 2.76 bits per heavy atom.